The molecule has 5 aromatic carbocycles. The zero-order valence-corrected chi connectivity index (χ0v) is 21.7. The van der Waals surface area contributed by atoms with Crippen molar-refractivity contribution in [1.29, 1.82) is 0 Å². The molecule has 0 spiro atoms. The predicted octanol–water partition coefficient (Wildman–Crippen LogP) is 10.3. The summed E-state index contributed by atoms with van der Waals surface area (Å²) in [4.78, 5) is 2.23. The largest absolute Gasteiger partial charge is 0.317 e. The number of aryl methyl sites for hydroxylation is 1. The second kappa shape index (κ2) is 11.9. The highest BCUT2D eigenvalue weighted by Crippen LogP contribution is 2.31. The van der Waals surface area contributed by atoms with Crippen molar-refractivity contribution >= 4 is 16.9 Å². The van der Waals surface area contributed by atoms with Crippen LogP contribution in [0.2, 0.25) is 0 Å². The third kappa shape index (κ3) is 5.91. The van der Waals surface area contributed by atoms with E-state index in [1.54, 1.807) is 0 Å². The third-order valence-corrected chi connectivity index (χ3v) is 6.56. The Hall–Kier alpha value is -4.88. The molecular formula is C37H31N. The summed E-state index contributed by atoms with van der Waals surface area (Å²) >= 11 is 0. The van der Waals surface area contributed by atoms with Gasteiger partial charge in [0, 0.05) is 17.6 Å². The van der Waals surface area contributed by atoms with Crippen molar-refractivity contribution in [3.63, 3.8) is 0 Å². The normalized spacial score (nSPS) is 11.4. The molecule has 184 valence electrons. The van der Waals surface area contributed by atoms with Crippen LogP contribution >= 0.6 is 0 Å². The van der Waals surface area contributed by atoms with E-state index in [9.17, 15) is 0 Å². The molecule has 0 aromatic heterocycles. The number of hydrogen-bond donors (Lipinski definition) is 0. The van der Waals surface area contributed by atoms with Crippen molar-refractivity contribution in [2.45, 2.75) is 6.92 Å². The molecule has 1 nitrogen and oxygen atoms in total. The molecule has 0 fully saturated rings. The second-order valence-electron chi connectivity index (χ2n) is 9.24. The van der Waals surface area contributed by atoms with E-state index in [4.69, 9.17) is 0 Å². The lowest BCUT2D eigenvalue weighted by Gasteiger charge is -2.22. The molecule has 38 heavy (non-hydrogen) atoms. The maximum atomic E-state index is 3.94. The van der Waals surface area contributed by atoms with Crippen LogP contribution in [0.1, 0.15) is 11.1 Å². The zero-order chi connectivity index (χ0) is 26.2. The van der Waals surface area contributed by atoms with Crippen molar-refractivity contribution in [3.8, 4) is 22.3 Å². The van der Waals surface area contributed by atoms with E-state index in [0.29, 0.717) is 0 Å². The van der Waals surface area contributed by atoms with Gasteiger partial charge in [-0.3, -0.25) is 0 Å². The summed E-state index contributed by atoms with van der Waals surface area (Å²) in [6, 6.07) is 47.0. The van der Waals surface area contributed by atoms with Crippen molar-refractivity contribution in [2.24, 2.45) is 0 Å². The Bertz CT molecular complexity index is 1460. The topological polar surface area (TPSA) is 3.24 Å². The Morgan fingerprint density at radius 3 is 1.55 bits per heavy atom. The Balaban J connectivity index is 1.52. The van der Waals surface area contributed by atoms with E-state index in [-0.39, 0.29) is 0 Å². The van der Waals surface area contributed by atoms with Crippen molar-refractivity contribution in [2.75, 3.05) is 4.90 Å². The molecule has 0 aliphatic heterocycles. The molecule has 0 bridgehead atoms. The van der Waals surface area contributed by atoms with Gasteiger partial charge < -0.3 is 4.90 Å². The van der Waals surface area contributed by atoms with E-state index in [2.05, 4.69) is 158 Å². The molecule has 1 heteroatoms. The highest BCUT2D eigenvalue weighted by atomic mass is 15.1. The first kappa shape index (κ1) is 24.8. The van der Waals surface area contributed by atoms with E-state index in [1.165, 1.54) is 33.4 Å². The van der Waals surface area contributed by atoms with E-state index < -0.39 is 0 Å². The predicted molar refractivity (Wildman–Crippen MR) is 164 cm³/mol. The van der Waals surface area contributed by atoms with E-state index in [1.807, 2.05) is 18.2 Å². The first-order valence-corrected chi connectivity index (χ1v) is 12.9. The maximum absolute atomic E-state index is 3.94. The van der Waals surface area contributed by atoms with Crippen molar-refractivity contribution < 1.29 is 0 Å². The first-order valence-electron chi connectivity index (χ1n) is 12.9. The van der Waals surface area contributed by atoms with E-state index >= 15 is 0 Å². The Morgan fingerprint density at radius 1 is 0.579 bits per heavy atom. The van der Waals surface area contributed by atoms with Gasteiger partial charge in [0.1, 0.15) is 0 Å². The van der Waals surface area contributed by atoms with Gasteiger partial charge >= 0.3 is 0 Å². The molecule has 5 aromatic rings. The lowest BCUT2D eigenvalue weighted by atomic mass is 10.0. The highest BCUT2D eigenvalue weighted by molar-refractivity contribution is 5.79. The van der Waals surface area contributed by atoms with Crippen molar-refractivity contribution in [1.82, 2.24) is 0 Å². The highest BCUT2D eigenvalue weighted by Gasteiger charge is 2.09. The van der Waals surface area contributed by atoms with Crippen LogP contribution in [0.15, 0.2) is 164 Å². The molecule has 5 rings (SSSR count). The standard InChI is InChI=1S/C37H31N/c1-3-11-30(35-17-10-12-29(2)28-35)26-27-38(36-22-18-33(19-23-36)31-13-6-4-7-14-31)37-24-20-34(21-25-37)32-15-8-5-9-16-32/h3-28H,1H2,2H3/b27-26+,30-11+. The average Bonchev–Trinajstić information content (AvgIpc) is 2.98. The maximum Gasteiger partial charge on any atom is 0.0455 e. The Morgan fingerprint density at radius 2 is 1.08 bits per heavy atom. The molecule has 0 saturated heterocycles. The van der Waals surface area contributed by atoms with Gasteiger partial charge in [-0.2, -0.15) is 0 Å². The number of nitrogens with zero attached hydrogens (tertiary/aromatic N) is 1. The van der Waals surface area contributed by atoms with Crippen LogP contribution in [0.4, 0.5) is 11.4 Å². The van der Waals surface area contributed by atoms with Crippen LogP contribution in [-0.4, -0.2) is 0 Å². The van der Waals surface area contributed by atoms with Gasteiger partial charge in [0.05, 0.1) is 0 Å². The minimum atomic E-state index is 1.09. The van der Waals surface area contributed by atoms with Gasteiger partial charge in [-0.05, 0) is 70.7 Å². The molecule has 0 heterocycles. The van der Waals surface area contributed by atoms with Gasteiger partial charge in [-0.1, -0.05) is 133 Å². The smallest absolute Gasteiger partial charge is 0.0455 e. The summed E-state index contributed by atoms with van der Waals surface area (Å²) in [7, 11) is 0. The fourth-order valence-electron chi connectivity index (χ4n) is 4.57. The lowest BCUT2D eigenvalue weighted by Crippen LogP contribution is -2.08. The van der Waals surface area contributed by atoms with Crippen molar-refractivity contribution in [3.05, 3.63) is 176 Å². The zero-order valence-electron chi connectivity index (χ0n) is 21.7. The van der Waals surface area contributed by atoms with Gasteiger partial charge in [0.15, 0.2) is 0 Å². The molecule has 0 radical (unpaired) electrons. The summed E-state index contributed by atoms with van der Waals surface area (Å²) in [5.41, 5.74) is 10.5. The second-order valence-corrected chi connectivity index (χ2v) is 9.24. The van der Waals surface area contributed by atoms with Gasteiger partial charge in [0.25, 0.3) is 0 Å². The number of allylic oxidation sites excluding steroid dienone is 4. The molecule has 0 aliphatic carbocycles. The first-order chi connectivity index (χ1) is 18.7. The lowest BCUT2D eigenvalue weighted by molar-refractivity contribution is 1.28. The summed E-state index contributed by atoms with van der Waals surface area (Å²) in [6.07, 6.45) is 8.20. The third-order valence-electron chi connectivity index (χ3n) is 6.56. The summed E-state index contributed by atoms with van der Waals surface area (Å²) in [5, 5.41) is 0. The quantitative estimate of drug-likeness (QED) is 0.196. The molecular weight excluding hydrogens is 458 g/mol. The molecule has 0 saturated carbocycles. The summed E-state index contributed by atoms with van der Waals surface area (Å²) in [5.74, 6) is 0. The fraction of sp³-hybridized carbons (Fsp3) is 0.0270. The Labute approximate surface area is 226 Å². The Kier molecular flexibility index (Phi) is 7.77. The van der Waals surface area contributed by atoms with Crippen LogP contribution in [0.5, 0.6) is 0 Å². The monoisotopic (exact) mass is 489 g/mol. The molecule has 0 atom stereocenters. The number of rotatable bonds is 8. The number of benzene rings is 5. The van der Waals surface area contributed by atoms with Crippen LogP contribution < -0.4 is 4.90 Å². The SMILES string of the molecule is C=C/C=C(\C=C\N(c1ccc(-c2ccccc2)cc1)c1ccc(-c2ccccc2)cc1)c1cccc(C)c1. The molecule has 0 unspecified atom stereocenters. The van der Waals surface area contributed by atoms with Gasteiger partial charge in [-0.15, -0.1) is 0 Å². The molecule has 0 amide bonds. The van der Waals surface area contributed by atoms with Crippen LogP contribution in [-0.2, 0) is 0 Å². The van der Waals surface area contributed by atoms with Gasteiger partial charge in [-0.25, -0.2) is 0 Å². The fourth-order valence-corrected chi connectivity index (χ4v) is 4.57. The van der Waals surface area contributed by atoms with E-state index in [0.717, 1.165) is 16.9 Å². The molecule has 0 aliphatic rings. The van der Waals surface area contributed by atoms with Crippen LogP contribution in [0.25, 0.3) is 27.8 Å². The average molecular weight is 490 g/mol. The van der Waals surface area contributed by atoms with Gasteiger partial charge in [0.2, 0.25) is 0 Å². The summed E-state index contributed by atoms with van der Waals surface area (Å²) in [6.45, 7) is 6.06. The number of hydrogen-bond acceptors (Lipinski definition) is 1. The number of anilines is 2. The van der Waals surface area contributed by atoms with Crippen LogP contribution in [0, 0.1) is 6.92 Å². The minimum Gasteiger partial charge on any atom is -0.317 e. The summed E-state index contributed by atoms with van der Waals surface area (Å²) < 4.78 is 0. The minimum absolute atomic E-state index is 1.09. The molecule has 0 N–H and O–H groups in total. The van der Waals surface area contributed by atoms with Crippen LogP contribution in [0.3, 0.4) is 0 Å².